The Hall–Kier alpha value is -2.58. The number of hydrogen-bond acceptors (Lipinski definition) is 1. The Labute approximate surface area is 188 Å². The summed E-state index contributed by atoms with van der Waals surface area (Å²) in [6, 6.07) is 33.1. The van der Waals surface area contributed by atoms with E-state index in [0.717, 1.165) is 13.0 Å². The van der Waals surface area contributed by atoms with Gasteiger partial charge in [-0.2, -0.15) is 0 Å². The van der Waals surface area contributed by atoms with Gasteiger partial charge in [0.2, 0.25) is 6.71 Å². The third kappa shape index (κ3) is 5.38. The molecule has 0 bridgehead atoms. The molecule has 0 aromatic heterocycles. The summed E-state index contributed by atoms with van der Waals surface area (Å²) in [6.07, 6.45) is 7.64. The molecule has 4 rings (SSSR count). The van der Waals surface area contributed by atoms with Gasteiger partial charge in [-0.25, -0.2) is 0 Å². The quantitative estimate of drug-likeness (QED) is 0.422. The van der Waals surface area contributed by atoms with Crippen molar-refractivity contribution in [1.29, 1.82) is 0 Å². The van der Waals surface area contributed by atoms with E-state index in [2.05, 4.69) is 91.0 Å². The van der Waals surface area contributed by atoms with Crippen molar-refractivity contribution in [2.24, 2.45) is 5.92 Å². The summed E-state index contributed by atoms with van der Waals surface area (Å²) in [4.78, 5) is 0. The van der Waals surface area contributed by atoms with Gasteiger partial charge in [0.05, 0.1) is 0 Å². The maximum atomic E-state index is 5.61. The van der Waals surface area contributed by atoms with Gasteiger partial charge in [-0.15, -0.1) is 0 Å². The standard InChI is InChI=1S/C29H33BO/c1-31-23-22-28(24-14-6-2-7-15-24)29(25-16-8-3-9-17-25)30(26-18-10-4-11-19-26)27-20-12-5-13-21-27/h3-5,8-13,16-21,24H,2,6-7,14-15,22-23H2,1H3/b29-28+. The lowest BCUT2D eigenvalue weighted by Crippen LogP contribution is -2.44. The van der Waals surface area contributed by atoms with E-state index in [-0.39, 0.29) is 6.71 Å². The summed E-state index contributed by atoms with van der Waals surface area (Å²) >= 11 is 0. The van der Waals surface area contributed by atoms with Crippen molar-refractivity contribution in [2.75, 3.05) is 13.7 Å². The second-order valence-electron chi connectivity index (χ2n) is 8.64. The van der Waals surface area contributed by atoms with Crippen LogP contribution in [0.4, 0.5) is 0 Å². The van der Waals surface area contributed by atoms with E-state index in [1.54, 1.807) is 5.57 Å². The fourth-order valence-electron chi connectivity index (χ4n) is 5.19. The van der Waals surface area contributed by atoms with Crippen LogP contribution in [0.2, 0.25) is 0 Å². The second-order valence-corrected chi connectivity index (χ2v) is 8.64. The molecule has 2 heteroatoms. The number of benzene rings is 3. The van der Waals surface area contributed by atoms with Gasteiger partial charge in [0.1, 0.15) is 0 Å². The molecular weight excluding hydrogens is 375 g/mol. The molecule has 1 saturated carbocycles. The Bertz CT molecular complexity index is 904. The van der Waals surface area contributed by atoms with Crippen LogP contribution in [-0.2, 0) is 4.74 Å². The van der Waals surface area contributed by atoms with E-state index in [1.165, 1.54) is 54.1 Å². The molecule has 0 unspecified atom stereocenters. The van der Waals surface area contributed by atoms with E-state index >= 15 is 0 Å². The first-order valence-electron chi connectivity index (χ1n) is 11.8. The van der Waals surface area contributed by atoms with Crippen LogP contribution < -0.4 is 10.9 Å². The van der Waals surface area contributed by atoms with E-state index < -0.39 is 0 Å². The first-order valence-corrected chi connectivity index (χ1v) is 11.8. The lowest BCUT2D eigenvalue weighted by Gasteiger charge is -2.31. The smallest absolute Gasteiger partial charge is 0.241 e. The van der Waals surface area contributed by atoms with Gasteiger partial charge in [-0.05, 0) is 30.7 Å². The molecule has 0 heterocycles. The molecule has 0 spiro atoms. The molecule has 0 amide bonds. The SMILES string of the molecule is COCC/C(=C(\B(c1ccccc1)c1ccccc1)c1ccccc1)C1CCCCC1. The molecule has 1 nitrogen and oxygen atoms in total. The first-order chi connectivity index (χ1) is 15.4. The van der Waals surface area contributed by atoms with Gasteiger partial charge in [0.25, 0.3) is 0 Å². The lowest BCUT2D eigenvalue weighted by molar-refractivity contribution is 0.198. The fourth-order valence-corrected chi connectivity index (χ4v) is 5.19. The van der Waals surface area contributed by atoms with Crippen LogP contribution in [0.25, 0.3) is 5.47 Å². The Kier molecular flexibility index (Phi) is 7.79. The monoisotopic (exact) mass is 408 g/mol. The zero-order valence-corrected chi connectivity index (χ0v) is 18.7. The molecule has 3 aromatic rings. The Balaban J connectivity index is 1.95. The summed E-state index contributed by atoms with van der Waals surface area (Å²) in [6.45, 7) is 0.997. The van der Waals surface area contributed by atoms with Crippen molar-refractivity contribution >= 4 is 23.1 Å². The van der Waals surface area contributed by atoms with Gasteiger partial charge >= 0.3 is 0 Å². The average Bonchev–Trinajstić information content (AvgIpc) is 2.86. The third-order valence-electron chi connectivity index (χ3n) is 6.66. The van der Waals surface area contributed by atoms with Gasteiger partial charge in [-0.1, -0.05) is 132 Å². The predicted octanol–water partition coefficient (Wildman–Crippen LogP) is 5.91. The topological polar surface area (TPSA) is 9.23 Å². The molecule has 31 heavy (non-hydrogen) atoms. The van der Waals surface area contributed by atoms with Crippen molar-refractivity contribution in [3.63, 3.8) is 0 Å². The van der Waals surface area contributed by atoms with Crippen LogP contribution in [0.3, 0.4) is 0 Å². The maximum absolute atomic E-state index is 5.61. The summed E-state index contributed by atoms with van der Waals surface area (Å²) in [7, 11) is 1.83. The maximum Gasteiger partial charge on any atom is 0.241 e. The van der Waals surface area contributed by atoms with Crippen LogP contribution in [0.15, 0.2) is 96.6 Å². The molecule has 0 radical (unpaired) electrons. The fraction of sp³-hybridized carbons (Fsp3) is 0.310. The summed E-state index contributed by atoms with van der Waals surface area (Å²) in [5.74, 6) is 0.647. The average molecular weight is 408 g/mol. The third-order valence-corrected chi connectivity index (χ3v) is 6.66. The molecule has 3 aromatic carbocycles. The van der Waals surface area contributed by atoms with Gasteiger partial charge in [-0.3, -0.25) is 0 Å². The number of hydrogen-bond donors (Lipinski definition) is 0. The van der Waals surface area contributed by atoms with Crippen molar-refractivity contribution < 1.29 is 4.74 Å². The van der Waals surface area contributed by atoms with Crippen LogP contribution >= 0.6 is 0 Å². The van der Waals surface area contributed by atoms with Crippen LogP contribution in [-0.4, -0.2) is 20.4 Å². The van der Waals surface area contributed by atoms with Crippen molar-refractivity contribution in [1.82, 2.24) is 0 Å². The number of ether oxygens (including phenoxy) is 1. The molecule has 0 N–H and O–H groups in total. The Morgan fingerprint density at radius 3 is 1.77 bits per heavy atom. The van der Waals surface area contributed by atoms with Gasteiger partial charge in [0, 0.05) is 13.7 Å². The number of methoxy groups -OCH3 is 1. The zero-order valence-electron chi connectivity index (χ0n) is 18.7. The van der Waals surface area contributed by atoms with E-state index in [1.807, 2.05) is 7.11 Å². The van der Waals surface area contributed by atoms with Crippen LogP contribution in [0, 0.1) is 5.92 Å². The molecule has 1 aliphatic rings. The molecular formula is C29H33BO. The van der Waals surface area contributed by atoms with E-state index in [0.29, 0.717) is 5.92 Å². The minimum absolute atomic E-state index is 0.221. The Morgan fingerprint density at radius 2 is 1.26 bits per heavy atom. The number of rotatable bonds is 8. The Morgan fingerprint density at radius 1 is 0.742 bits per heavy atom. The molecule has 0 atom stereocenters. The van der Waals surface area contributed by atoms with Gasteiger partial charge < -0.3 is 4.74 Å². The summed E-state index contributed by atoms with van der Waals surface area (Å²) in [5, 5.41) is 0. The van der Waals surface area contributed by atoms with Crippen molar-refractivity contribution in [3.8, 4) is 0 Å². The molecule has 158 valence electrons. The zero-order chi connectivity index (χ0) is 21.3. The largest absolute Gasteiger partial charge is 0.384 e. The minimum Gasteiger partial charge on any atom is -0.384 e. The molecule has 0 aliphatic heterocycles. The molecule has 0 saturated heterocycles. The second kappa shape index (κ2) is 11.2. The molecule has 1 fully saturated rings. The van der Waals surface area contributed by atoms with Crippen molar-refractivity contribution in [3.05, 3.63) is 102 Å². The molecule has 1 aliphatic carbocycles. The highest BCUT2D eigenvalue weighted by Gasteiger charge is 2.30. The van der Waals surface area contributed by atoms with Crippen LogP contribution in [0.5, 0.6) is 0 Å². The minimum atomic E-state index is 0.221. The highest BCUT2D eigenvalue weighted by molar-refractivity contribution is 6.99. The van der Waals surface area contributed by atoms with Gasteiger partial charge in [0.15, 0.2) is 0 Å². The predicted molar refractivity (Wildman–Crippen MR) is 134 cm³/mol. The summed E-state index contributed by atoms with van der Waals surface area (Å²) in [5.41, 5.74) is 7.15. The first kappa shape index (κ1) is 21.6. The highest BCUT2D eigenvalue weighted by Crippen LogP contribution is 2.37. The van der Waals surface area contributed by atoms with E-state index in [9.17, 15) is 0 Å². The highest BCUT2D eigenvalue weighted by atomic mass is 16.5. The summed E-state index contributed by atoms with van der Waals surface area (Å²) < 4.78 is 5.61. The normalized spacial score (nSPS) is 15.4. The lowest BCUT2D eigenvalue weighted by atomic mass is 9.34. The van der Waals surface area contributed by atoms with Crippen LogP contribution in [0.1, 0.15) is 44.1 Å². The van der Waals surface area contributed by atoms with E-state index in [4.69, 9.17) is 4.74 Å². The van der Waals surface area contributed by atoms with Crippen molar-refractivity contribution in [2.45, 2.75) is 38.5 Å².